The molecule has 0 spiro atoms. The van der Waals surface area contributed by atoms with E-state index in [-0.39, 0.29) is 6.03 Å². The number of hydrogen-bond donors (Lipinski definition) is 3. The zero-order valence-electron chi connectivity index (χ0n) is 15.2. The van der Waals surface area contributed by atoms with Crippen LogP contribution in [0.4, 0.5) is 10.5 Å². The van der Waals surface area contributed by atoms with Gasteiger partial charge in [0.25, 0.3) is 0 Å². The van der Waals surface area contributed by atoms with Gasteiger partial charge in [0.05, 0.1) is 18.1 Å². The van der Waals surface area contributed by atoms with Gasteiger partial charge in [-0.25, -0.2) is 4.79 Å². The molecular weight excluding hydrogens is 310 g/mol. The molecule has 3 N–H and O–H groups in total. The van der Waals surface area contributed by atoms with Crippen molar-refractivity contribution in [3.8, 4) is 0 Å². The summed E-state index contributed by atoms with van der Waals surface area (Å²) in [4.78, 5) is 14.3. The Labute approximate surface area is 151 Å². The number of piperidine rings is 2. The van der Waals surface area contributed by atoms with Crippen LogP contribution in [0, 0.1) is 0 Å². The Morgan fingerprint density at radius 2 is 1.48 bits per heavy atom. The van der Waals surface area contributed by atoms with E-state index in [1.807, 2.05) is 35.2 Å². The third-order valence-corrected chi connectivity index (χ3v) is 6.63. The molecule has 4 heteroatoms. The van der Waals surface area contributed by atoms with Crippen molar-refractivity contribution in [1.82, 2.24) is 5.32 Å². The minimum Gasteiger partial charge on any atom is -0.335 e. The largest absolute Gasteiger partial charge is 0.335 e. The molecule has 1 aliphatic carbocycles. The summed E-state index contributed by atoms with van der Waals surface area (Å²) in [5, 5.41) is 6.23. The number of nitrogens with one attached hydrogen (secondary N) is 3. The molecule has 2 amide bonds. The average molecular weight is 343 g/mol. The molecule has 3 fully saturated rings. The van der Waals surface area contributed by atoms with Crippen LogP contribution in [0.5, 0.6) is 0 Å². The number of anilines is 1. The Morgan fingerprint density at radius 1 is 0.840 bits per heavy atom. The molecule has 0 aromatic heterocycles. The highest BCUT2D eigenvalue weighted by molar-refractivity contribution is 5.89. The highest BCUT2D eigenvalue weighted by Gasteiger charge is 2.45. The Balaban J connectivity index is 1.35. The summed E-state index contributed by atoms with van der Waals surface area (Å²) in [5.41, 5.74) is 0.866. The normalized spacial score (nSPS) is 32.8. The molecule has 2 heterocycles. The first-order chi connectivity index (χ1) is 12.3. The van der Waals surface area contributed by atoms with Crippen LogP contribution in [0.25, 0.3) is 0 Å². The molecule has 2 saturated heterocycles. The van der Waals surface area contributed by atoms with E-state index in [2.05, 4.69) is 10.6 Å². The smallest absolute Gasteiger partial charge is 0.319 e. The molecule has 136 valence electrons. The Bertz CT molecular complexity index is 556. The molecule has 2 aliphatic heterocycles. The van der Waals surface area contributed by atoms with Crippen LogP contribution in [0.15, 0.2) is 30.3 Å². The lowest BCUT2D eigenvalue weighted by Gasteiger charge is -2.50. The van der Waals surface area contributed by atoms with E-state index >= 15 is 0 Å². The van der Waals surface area contributed by atoms with Crippen LogP contribution >= 0.6 is 0 Å². The molecule has 2 bridgehead atoms. The lowest BCUT2D eigenvalue weighted by molar-refractivity contribution is -0.984. The van der Waals surface area contributed by atoms with Gasteiger partial charge < -0.3 is 15.5 Å². The fourth-order valence-electron chi connectivity index (χ4n) is 5.66. The van der Waals surface area contributed by atoms with Gasteiger partial charge >= 0.3 is 6.03 Å². The SMILES string of the molecule is O=C(Nc1ccccc1)NC1C[C@H]2CCC[C@@H](C1)[NH+]2C1CCCCC1. The second-order valence-corrected chi connectivity index (χ2v) is 8.29. The Hall–Kier alpha value is -1.55. The number of amides is 2. The molecule has 1 saturated carbocycles. The van der Waals surface area contributed by atoms with Crippen molar-refractivity contribution in [2.75, 3.05) is 5.32 Å². The average Bonchev–Trinajstić information content (AvgIpc) is 2.62. The standard InChI is InChI=1S/C21H31N3O/c25-21(22-16-8-3-1-4-9-16)23-17-14-19-12-7-13-20(15-17)24(19)18-10-5-2-6-11-18/h1,3-4,8-9,17-20H,2,5-7,10-15H2,(H2,22,23,25)/p+1/t17?,19-,20+. The van der Waals surface area contributed by atoms with E-state index in [0.29, 0.717) is 6.04 Å². The summed E-state index contributed by atoms with van der Waals surface area (Å²) < 4.78 is 0. The van der Waals surface area contributed by atoms with Gasteiger partial charge in [0, 0.05) is 24.6 Å². The molecule has 4 nitrogen and oxygen atoms in total. The van der Waals surface area contributed by atoms with E-state index in [0.717, 1.165) is 36.7 Å². The number of benzene rings is 1. The number of para-hydroxylation sites is 1. The van der Waals surface area contributed by atoms with Crippen molar-refractivity contribution >= 4 is 11.7 Å². The van der Waals surface area contributed by atoms with Gasteiger partial charge in [-0.15, -0.1) is 0 Å². The van der Waals surface area contributed by atoms with Crippen LogP contribution in [0.2, 0.25) is 0 Å². The van der Waals surface area contributed by atoms with Crippen molar-refractivity contribution in [2.45, 2.75) is 88.4 Å². The highest BCUT2D eigenvalue weighted by atomic mass is 16.2. The second-order valence-electron chi connectivity index (χ2n) is 8.29. The molecule has 3 aliphatic rings. The summed E-state index contributed by atoms with van der Waals surface area (Å²) in [7, 11) is 0. The monoisotopic (exact) mass is 342 g/mol. The third-order valence-electron chi connectivity index (χ3n) is 6.63. The molecule has 4 atom stereocenters. The van der Waals surface area contributed by atoms with Gasteiger partial charge in [-0.2, -0.15) is 0 Å². The minimum atomic E-state index is -0.0459. The van der Waals surface area contributed by atoms with Gasteiger partial charge in [-0.05, 0) is 57.1 Å². The van der Waals surface area contributed by atoms with Gasteiger partial charge in [-0.1, -0.05) is 24.6 Å². The van der Waals surface area contributed by atoms with Crippen molar-refractivity contribution < 1.29 is 9.69 Å². The molecule has 4 rings (SSSR count). The summed E-state index contributed by atoms with van der Waals surface area (Å²) >= 11 is 0. The maximum absolute atomic E-state index is 12.4. The quantitative estimate of drug-likeness (QED) is 0.776. The first-order valence-corrected chi connectivity index (χ1v) is 10.3. The number of carbonyl (C=O) groups excluding carboxylic acids is 1. The first kappa shape index (κ1) is 16.9. The predicted molar refractivity (Wildman–Crippen MR) is 101 cm³/mol. The number of urea groups is 1. The fraction of sp³-hybridized carbons (Fsp3) is 0.667. The van der Waals surface area contributed by atoms with Crippen molar-refractivity contribution in [3.05, 3.63) is 30.3 Å². The lowest BCUT2D eigenvalue weighted by Crippen LogP contribution is -3.24. The van der Waals surface area contributed by atoms with Crippen LogP contribution in [0.3, 0.4) is 0 Å². The highest BCUT2D eigenvalue weighted by Crippen LogP contribution is 2.26. The maximum atomic E-state index is 12.4. The van der Waals surface area contributed by atoms with Gasteiger partial charge in [0.15, 0.2) is 0 Å². The predicted octanol–water partition coefficient (Wildman–Crippen LogP) is 3.11. The van der Waals surface area contributed by atoms with E-state index in [1.54, 1.807) is 0 Å². The maximum Gasteiger partial charge on any atom is 0.319 e. The molecule has 2 unspecified atom stereocenters. The van der Waals surface area contributed by atoms with Crippen LogP contribution in [-0.2, 0) is 0 Å². The van der Waals surface area contributed by atoms with E-state index < -0.39 is 0 Å². The number of carbonyl (C=O) groups is 1. The summed E-state index contributed by atoms with van der Waals surface area (Å²) in [5.74, 6) is 0. The zero-order valence-corrected chi connectivity index (χ0v) is 15.2. The van der Waals surface area contributed by atoms with Gasteiger partial charge in [-0.3, -0.25) is 0 Å². The molecule has 1 aromatic rings. The zero-order chi connectivity index (χ0) is 17.1. The summed E-state index contributed by atoms with van der Waals surface area (Å²) in [6.45, 7) is 0. The molecule has 25 heavy (non-hydrogen) atoms. The third kappa shape index (κ3) is 4.00. The number of fused-ring (bicyclic) bond motifs is 2. The number of rotatable bonds is 3. The minimum absolute atomic E-state index is 0.0459. The summed E-state index contributed by atoms with van der Waals surface area (Å²) in [6, 6.07) is 12.4. The molecule has 0 radical (unpaired) electrons. The number of quaternary nitrogens is 1. The van der Waals surface area contributed by atoms with Gasteiger partial charge in [0.2, 0.25) is 0 Å². The van der Waals surface area contributed by atoms with Crippen molar-refractivity contribution in [2.24, 2.45) is 0 Å². The lowest BCUT2D eigenvalue weighted by atomic mass is 9.78. The fourth-order valence-corrected chi connectivity index (χ4v) is 5.66. The number of hydrogen-bond acceptors (Lipinski definition) is 1. The van der Waals surface area contributed by atoms with E-state index in [4.69, 9.17) is 0 Å². The summed E-state index contributed by atoms with van der Waals surface area (Å²) in [6.07, 6.45) is 13.5. The molecular formula is C21H32N3O+. The van der Waals surface area contributed by atoms with Crippen molar-refractivity contribution in [3.63, 3.8) is 0 Å². The van der Waals surface area contributed by atoms with Crippen molar-refractivity contribution in [1.29, 1.82) is 0 Å². The second kappa shape index (κ2) is 7.77. The topological polar surface area (TPSA) is 45.6 Å². The first-order valence-electron chi connectivity index (χ1n) is 10.3. The Morgan fingerprint density at radius 3 is 2.16 bits per heavy atom. The Kier molecular flexibility index (Phi) is 5.25. The van der Waals surface area contributed by atoms with Crippen LogP contribution in [0.1, 0.15) is 64.2 Å². The van der Waals surface area contributed by atoms with E-state index in [1.165, 1.54) is 51.4 Å². The van der Waals surface area contributed by atoms with E-state index in [9.17, 15) is 4.79 Å². The molecule has 1 aromatic carbocycles. The van der Waals surface area contributed by atoms with Crippen LogP contribution < -0.4 is 15.5 Å². The van der Waals surface area contributed by atoms with Gasteiger partial charge in [0.1, 0.15) is 0 Å². The van der Waals surface area contributed by atoms with Crippen LogP contribution in [-0.4, -0.2) is 30.2 Å².